The first-order valence-corrected chi connectivity index (χ1v) is 2.23. The van der Waals surface area contributed by atoms with Gasteiger partial charge in [0.2, 0.25) is 5.91 Å². The summed E-state index contributed by atoms with van der Waals surface area (Å²) in [5, 5.41) is 2.62. The van der Waals surface area contributed by atoms with E-state index in [2.05, 4.69) is 5.32 Å². The topological polar surface area (TPSA) is 41.1 Å². The molecule has 0 aromatic rings. The Labute approximate surface area is 47.1 Å². The smallest absolute Gasteiger partial charge is 0.248 e. The van der Waals surface area contributed by atoms with E-state index in [1.54, 1.807) is 7.05 Å². The third kappa shape index (κ3) is 3.55. The van der Waals surface area contributed by atoms with Gasteiger partial charge in [-0.15, -0.1) is 0 Å². The molecule has 0 fully saturated rings. The quantitative estimate of drug-likeness (QED) is 0.484. The fourth-order valence-corrected chi connectivity index (χ4v) is 0.261. The Morgan fingerprint density at radius 3 is 2.57 bits per heavy atom. The minimum atomic E-state index is -0.218. The predicted molar refractivity (Wildman–Crippen MR) is 27.9 cm³/mol. The highest BCUT2D eigenvalue weighted by Crippen LogP contribution is 1.62. The Hall–Kier alpha value is -0.280. The molecule has 0 aliphatic rings. The summed E-state index contributed by atoms with van der Waals surface area (Å²) in [4.78, 5) is 12.0. The number of carbonyl (C=O) groups excluding carboxylic acids is 1. The van der Waals surface area contributed by atoms with E-state index < -0.39 is 0 Å². The van der Waals surface area contributed by atoms with Crippen molar-refractivity contribution in [2.75, 3.05) is 13.6 Å². The van der Waals surface area contributed by atoms with Gasteiger partial charge in [-0.25, -0.2) is 0 Å². The number of carbonyl (C=O) groups is 1. The molecule has 0 aromatic heterocycles. The van der Waals surface area contributed by atoms with E-state index in [4.69, 9.17) is 11.8 Å². The molecule has 4 heteroatoms. The average molecular weight is 123 g/mol. The van der Waals surface area contributed by atoms with Crippen molar-refractivity contribution in [3.05, 3.63) is 0 Å². The lowest BCUT2D eigenvalue weighted by molar-refractivity contribution is -0.118. The van der Waals surface area contributed by atoms with Crippen molar-refractivity contribution in [3.63, 3.8) is 0 Å². The molecule has 42 valence electrons. The monoisotopic (exact) mass is 122 g/mol. The minimum Gasteiger partial charge on any atom is -0.311 e. The second kappa shape index (κ2) is 3.89. The number of likely N-dealkylation sites (N-methyl/N-ethyl adjacent to an activating group) is 1. The van der Waals surface area contributed by atoms with Gasteiger partial charge in [0, 0.05) is 11.8 Å². The normalized spacial score (nSPS) is 8.29. The van der Waals surface area contributed by atoms with Gasteiger partial charge in [0.1, 0.15) is 0 Å². The van der Waals surface area contributed by atoms with Crippen LogP contribution in [0.5, 0.6) is 0 Å². The van der Waals surface area contributed by atoms with Gasteiger partial charge in [-0.1, -0.05) is 0 Å². The number of amides is 1. The van der Waals surface area contributed by atoms with Gasteiger partial charge in [0.25, 0.3) is 0 Å². The molecule has 0 aliphatic carbocycles. The molecule has 0 radical (unpaired) electrons. The number of hydrogen-bond donors (Lipinski definition) is 2. The molecule has 0 bridgehead atoms. The van der Waals surface area contributed by atoms with Crippen LogP contribution in [0.15, 0.2) is 0 Å². The summed E-state index contributed by atoms with van der Waals surface area (Å²) < 4.78 is 0. The van der Waals surface area contributed by atoms with Gasteiger partial charge in [-0.3, -0.25) is 9.63 Å². The van der Waals surface area contributed by atoms with Gasteiger partial charge in [-0.2, -0.15) is 0 Å². The van der Waals surface area contributed by atoms with E-state index in [0.717, 1.165) is 0 Å². The lowest BCUT2D eigenvalue weighted by Crippen LogP contribution is -2.25. The summed E-state index contributed by atoms with van der Waals surface area (Å²) in [6, 6.07) is 0. The molecule has 0 aliphatic heterocycles. The first kappa shape index (κ1) is 6.72. The van der Waals surface area contributed by atoms with Gasteiger partial charge in [0.15, 0.2) is 0 Å². The Kier molecular flexibility index (Phi) is 3.74. The highest BCUT2D eigenvalue weighted by molar-refractivity contribution is 6.21. The average Bonchev–Trinajstić information content (AvgIpc) is 1.68. The van der Waals surface area contributed by atoms with Gasteiger partial charge in [-0.05, 0) is 7.05 Å². The van der Waals surface area contributed by atoms with Crippen molar-refractivity contribution < 1.29 is 4.79 Å². The third-order valence-corrected chi connectivity index (χ3v) is 0.654. The van der Waals surface area contributed by atoms with Crippen LogP contribution in [0.2, 0.25) is 0 Å². The van der Waals surface area contributed by atoms with Crippen molar-refractivity contribution in [2.24, 2.45) is 0 Å². The summed E-state index contributed by atoms with van der Waals surface area (Å²) in [5.74, 6) is -0.218. The molecule has 7 heavy (non-hydrogen) atoms. The van der Waals surface area contributed by atoms with E-state index in [-0.39, 0.29) is 12.5 Å². The van der Waals surface area contributed by atoms with Gasteiger partial charge < -0.3 is 5.32 Å². The highest BCUT2D eigenvalue weighted by atomic mass is 35.5. The van der Waals surface area contributed by atoms with Crippen molar-refractivity contribution >= 4 is 17.7 Å². The Morgan fingerprint density at radius 2 is 2.43 bits per heavy atom. The van der Waals surface area contributed by atoms with Crippen LogP contribution < -0.4 is 10.2 Å². The zero-order valence-electron chi connectivity index (χ0n) is 3.99. The van der Waals surface area contributed by atoms with E-state index in [1.165, 1.54) is 0 Å². The fourth-order valence-electron chi connectivity index (χ4n) is 0.194. The molecule has 0 spiro atoms. The first-order chi connectivity index (χ1) is 3.31. The summed E-state index contributed by atoms with van der Waals surface area (Å²) in [5.41, 5.74) is 0. The lowest BCUT2D eigenvalue weighted by Gasteiger charge is -1.91. The summed E-state index contributed by atoms with van der Waals surface area (Å²) in [6.45, 7) is 0.267. The molecule has 0 heterocycles. The van der Waals surface area contributed by atoms with Crippen LogP contribution in [0.25, 0.3) is 0 Å². The van der Waals surface area contributed by atoms with Crippen LogP contribution in [0.4, 0.5) is 0 Å². The molecule has 0 unspecified atom stereocenters. The maximum Gasteiger partial charge on any atom is 0.248 e. The standard InChI is InChI=1S/C3H7ClN2O/c1-5-2-3(7)6-4/h5H,2H2,1H3,(H,6,7). The van der Waals surface area contributed by atoms with Crippen LogP contribution >= 0.6 is 11.8 Å². The molecule has 0 saturated heterocycles. The van der Waals surface area contributed by atoms with Crippen LogP contribution in [-0.2, 0) is 4.79 Å². The van der Waals surface area contributed by atoms with Crippen LogP contribution in [0.1, 0.15) is 0 Å². The number of hydrogen-bond acceptors (Lipinski definition) is 2. The van der Waals surface area contributed by atoms with Crippen molar-refractivity contribution in [1.82, 2.24) is 10.2 Å². The van der Waals surface area contributed by atoms with E-state index in [0.29, 0.717) is 0 Å². The van der Waals surface area contributed by atoms with Gasteiger partial charge >= 0.3 is 0 Å². The van der Waals surface area contributed by atoms with Crippen molar-refractivity contribution in [3.8, 4) is 0 Å². The van der Waals surface area contributed by atoms with E-state index in [1.807, 2.05) is 4.84 Å². The second-order valence-electron chi connectivity index (χ2n) is 1.05. The van der Waals surface area contributed by atoms with Crippen LogP contribution in [0, 0.1) is 0 Å². The number of halogens is 1. The Bertz CT molecular complexity index is 66.0. The largest absolute Gasteiger partial charge is 0.311 e. The van der Waals surface area contributed by atoms with Gasteiger partial charge in [0.05, 0.1) is 6.54 Å². The molecule has 0 rings (SSSR count). The third-order valence-electron chi connectivity index (χ3n) is 0.443. The summed E-state index contributed by atoms with van der Waals surface area (Å²) in [6.07, 6.45) is 0. The first-order valence-electron chi connectivity index (χ1n) is 1.85. The minimum absolute atomic E-state index is 0.218. The molecule has 1 amide bonds. The van der Waals surface area contributed by atoms with Crippen molar-refractivity contribution in [2.45, 2.75) is 0 Å². The zero-order valence-corrected chi connectivity index (χ0v) is 4.75. The molecular formula is C3H7ClN2O. The summed E-state index contributed by atoms with van der Waals surface area (Å²) >= 11 is 4.89. The molecule has 0 aromatic carbocycles. The molecule has 0 saturated carbocycles. The highest BCUT2D eigenvalue weighted by Gasteiger charge is 1.90. The Balaban J connectivity index is 3.00. The molecule has 0 atom stereocenters. The molecular weight excluding hydrogens is 115 g/mol. The predicted octanol–water partition coefficient (Wildman–Crippen LogP) is -0.524. The van der Waals surface area contributed by atoms with Crippen LogP contribution in [0.3, 0.4) is 0 Å². The zero-order chi connectivity index (χ0) is 5.70. The van der Waals surface area contributed by atoms with E-state index in [9.17, 15) is 4.79 Å². The van der Waals surface area contributed by atoms with Crippen molar-refractivity contribution in [1.29, 1.82) is 0 Å². The SMILES string of the molecule is CNCC(=O)NCl. The molecule has 3 nitrogen and oxygen atoms in total. The van der Waals surface area contributed by atoms with Crippen LogP contribution in [-0.4, -0.2) is 19.5 Å². The lowest BCUT2D eigenvalue weighted by atomic mass is 10.6. The Morgan fingerprint density at radius 1 is 1.86 bits per heavy atom. The summed E-state index contributed by atoms with van der Waals surface area (Å²) in [7, 11) is 1.67. The fraction of sp³-hybridized carbons (Fsp3) is 0.667. The number of rotatable bonds is 2. The molecule has 2 N–H and O–H groups in total. The second-order valence-corrected chi connectivity index (χ2v) is 1.24. The number of nitrogens with one attached hydrogen (secondary N) is 2. The maximum absolute atomic E-state index is 10.1. The maximum atomic E-state index is 10.1. The van der Waals surface area contributed by atoms with E-state index >= 15 is 0 Å².